The zero-order valence-corrected chi connectivity index (χ0v) is 21.2. The molecule has 1 aromatic heterocycles. The third-order valence-electron chi connectivity index (χ3n) is 8.39. The highest BCUT2D eigenvalue weighted by atomic mass is 16.4. The van der Waals surface area contributed by atoms with Gasteiger partial charge in [0.1, 0.15) is 11.4 Å². The zero-order valence-electron chi connectivity index (χ0n) is 21.2. The van der Waals surface area contributed by atoms with Crippen molar-refractivity contribution in [2.75, 3.05) is 4.90 Å². The van der Waals surface area contributed by atoms with Gasteiger partial charge in [0, 0.05) is 11.6 Å². The van der Waals surface area contributed by atoms with Gasteiger partial charge in [-0.25, -0.2) is 14.7 Å². The molecule has 9 heteroatoms. The van der Waals surface area contributed by atoms with Crippen molar-refractivity contribution in [1.82, 2.24) is 14.9 Å². The average molecular weight is 521 g/mol. The third kappa shape index (κ3) is 2.90. The summed E-state index contributed by atoms with van der Waals surface area (Å²) in [7, 11) is 0. The highest BCUT2D eigenvalue weighted by Gasteiger charge is 2.70. The van der Waals surface area contributed by atoms with Gasteiger partial charge in [-0.1, -0.05) is 44.2 Å². The van der Waals surface area contributed by atoms with Crippen LogP contribution >= 0.6 is 0 Å². The number of imide groups is 1. The van der Waals surface area contributed by atoms with E-state index in [1.807, 2.05) is 44.2 Å². The molecule has 0 bridgehead atoms. The van der Waals surface area contributed by atoms with Crippen molar-refractivity contribution in [3.63, 3.8) is 0 Å². The Hall–Kier alpha value is -4.63. The fourth-order valence-corrected chi connectivity index (χ4v) is 6.73. The maximum Gasteiger partial charge on any atom is 0.335 e. The van der Waals surface area contributed by atoms with E-state index in [2.05, 4.69) is 5.32 Å². The van der Waals surface area contributed by atoms with E-state index in [9.17, 15) is 24.3 Å². The third-order valence-corrected chi connectivity index (χ3v) is 8.39. The van der Waals surface area contributed by atoms with E-state index in [0.29, 0.717) is 28.1 Å². The van der Waals surface area contributed by atoms with Gasteiger partial charge in [-0.15, -0.1) is 0 Å². The first-order valence-corrected chi connectivity index (χ1v) is 12.9. The number of hydrogen-bond donors (Lipinski definition) is 2. The zero-order chi connectivity index (χ0) is 27.2. The summed E-state index contributed by atoms with van der Waals surface area (Å²) in [6.07, 6.45) is 0. The molecule has 7 rings (SSSR count). The van der Waals surface area contributed by atoms with Crippen LogP contribution in [0.2, 0.25) is 0 Å². The topological polar surface area (TPSA) is 122 Å². The number of amides is 2. The fourth-order valence-electron chi connectivity index (χ4n) is 6.73. The number of para-hydroxylation sites is 2. The lowest BCUT2D eigenvalue weighted by Crippen LogP contribution is -2.51. The number of carboxylic acid groups (broad SMARTS) is 1. The number of carbonyl (C=O) groups is 3. The molecule has 2 amide bonds. The Morgan fingerprint density at radius 3 is 2.36 bits per heavy atom. The second kappa shape index (κ2) is 7.94. The van der Waals surface area contributed by atoms with Gasteiger partial charge >= 0.3 is 5.97 Å². The normalized spacial score (nSPS) is 25.0. The summed E-state index contributed by atoms with van der Waals surface area (Å²) in [6, 6.07) is 19.9. The predicted octanol–water partition coefficient (Wildman–Crippen LogP) is 3.07. The molecule has 39 heavy (non-hydrogen) atoms. The first-order chi connectivity index (χ1) is 18.8. The average Bonchev–Trinajstić information content (AvgIpc) is 3.52. The van der Waals surface area contributed by atoms with Crippen molar-refractivity contribution in [3.05, 3.63) is 100 Å². The second-order valence-corrected chi connectivity index (χ2v) is 10.7. The molecule has 194 valence electrons. The van der Waals surface area contributed by atoms with Crippen LogP contribution in [0.1, 0.15) is 35.6 Å². The van der Waals surface area contributed by atoms with E-state index >= 15 is 0 Å². The smallest absolute Gasteiger partial charge is 0.335 e. The molecule has 9 nitrogen and oxygen atoms in total. The van der Waals surface area contributed by atoms with E-state index in [-0.39, 0.29) is 29.0 Å². The lowest BCUT2D eigenvalue weighted by Gasteiger charge is -2.32. The van der Waals surface area contributed by atoms with Crippen LogP contribution < -0.4 is 15.8 Å². The maximum absolute atomic E-state index is 14.3. The minimum atomic E-state index is -1.21. The standard InChI is InChI=1S/C30H24N4O5/c1-15(2)24-22-23(27(37)33(26(22)36)17-13-11-16(12-14-17)28(38)39)30(32-24)19-8-4-6-10-21(19)34-25(35)18-7-3-5-9-20(18)31-29(30)34/h3-15,22-24,32H,1-2H3,(H,38,39)/t22-,23-,24+,30-/m1/s1. The quantitative estimate of drug-likeness (QED) is 0.398. The van der Waals surface area contributed by atoms with Gasteiger partial charge < -0.3 is 5.11 Å². The number of benzene rings is 3. The number of anilines is 1. The summed E-state index contributed by atoms with van der Waals surface area (Å²) >= 11 is 0. The number of aromatic carboxylic acids is 1. The van der Waals surface area contributed by atoms with Crippen LogP contribution in [0.5, 0.6) is 0 Å². The lowest BCUT2D eigenvalue weighted by atomic mass is 9.75. The van der Waals surface area contributed by atoms with Crippen LogP contribution in [0.25, 0.3) is 16.6 Å². The Morgan fingerprint density at radius 1 is 0.949 bits per heavy atom. The van der Waals surface area contributed by atoms with Gasteiger partial charge in [-0.3, -0.25) is 24.3 Å². The molecule has 0 saturated carbocycles. The maximum atomic E-state index is 14.3. The first kappa shape index (κ1) is 23.5. The molecular weight excluding hydrogens is 496 g/mol. The van der Waals surface area contributed by atoms with E-state index in [1.165, 1.54) is 29.2 Å². The molecular formula is C30H24N4O5. The molecule has 0 unspecified atom stereocenters. The number of nitrogens with one attached hydrogen (secondary N) is 1. The summed E-state index contributed by atoms with van der Waals surface area (Å²) < 4.78 is 1.58. The van der Waals surface area contributed by atoms with Gasteiger partial charge in [-0.2, -0.15) is 0 Å². The summed E-state index contributed by atoms with van der Waals surface area (Å²) in [5, 5.41) is 13.4. The largest absolute Gasteiger partial charge is 0.478 e. The Morgan fingerprint density at radius 2 is 1.64 bits per heavy atom. The number of hydrogen-bond acceptors (Lipinski definition) is 6. The van der Waals surface area contributed by atoms with Crippen LogP contribution in [-0.4, -0.2) is 38.5 Å². The molecule has 4 atom stereocenters. The predicted molar refractivity (Wildman–Crippen MR) is 143 cm³/mol. The number of carboxylic acids is 1. The number of aromatic nitrogens is 2. The SMILES string of the molecule is CC(C)[C@@H]1N[C@]2(c3ccccc3-n3c2nc2ccccc2c3=O)[C@H]2C(=O)N(c3ccc(C(=O)O)cc3)C(=O)[C@@H]12. The lowest BCUT2D eigenvalue weighted by molar-refractivity contribution is -0.123. The van der Waals surface area contributed by atoms with Gasteiger partial charge in [0.15, 0.2) is 0 Å². The summed E-state index contributed by atoms with van der Waals surface area (Å²) in [5.41, 5.74) is 0.821. The Bertz CT molecular complexity index is 1790. The first-order valence-electron chi connectivity index (χ1n) is 12.9. The van der Waals surface area contributed by atoms with Crippen molar-refractivity contribution in [1.29, 1.82) is 0 Å². The van der Waals surface area contributed by atoms with Crippen molar-refractivity contribution in [2.24, 2.45) is 17.8 Å². The molecule has 3 aliphatic heterocycles. The highest BCUT2D eigenvalue weighted by molar-refractivity contribution is 6.23. The Kier molecular flexibility index (Phi) is 4.78. The minimum absolute atomic E-state index is 0.0173. The van der Waals surface area contributed by atoms with Gasteiger partial charge in [0.2, 0.25) is 11.8 Å². The molecule has 3 aromatic carbocycles. The fraction of sp³-hybridized carbons (Fsp3) is 0.233. The van der Waals surface area contributed by atoms with Gasteiger partial charge in [-0.05, 0) is 48.4 Å². The molecule has 3 aliphatic rings. The molecule has 2 N–H and O–H groups in total. The van der Waals surface area contributed by atoms with E-state index in [4.69, 9.17) is 4.98 Å². The number of fused-ring (bicyclic) bond motifs is 8. The molecule has 2 fully saturated rings. The van der Waals surface area contributed by atoms with Crippen LogP contribution in [0.4, 0.5) is 5.69 Å². The molecule has 4 heterocycles. The van der Waals surface area contributed by atoms with E-state index in [1.54, 1.807) is 22.8 Å². The van der Waals surface area contributed by atoms with Crippen molar-refractivity contribution in [3.8, 4) is 5.69 Å². The van der Waals surface area contributed by atoms with Gasteiger partial charge in [0.05, 0.1) is 39.7 Å². The number of nitrogens with zero attached hydrogens (tertiary/aromatic N) is 3. The van der Waals surface area contributed by atoms with Crippen LogP contribution in [0, 0.1) is 17.8 Å². The molecule has 4 aromatic rings. The number of rotatable bonds is 3. The molecule has 2 saturated heterocycles. The molecule has 0 aliphatic carbocycles. The van der Waals surface area contributed by atoms with Gasteiger partial charge in [0.25, 0.3) is 5.56 Å². The number of carbonyl (C=O) groups excluding carboxylic acids is 2. The summed E-state index contributed by atoms with van der Waals surface area (Å²) in [6.45, 7) is 4.00. The van der Waals surface area contributed by atoms with Crippen molar-refractivity contribution >= 4 is 34.4 Å². The minimum Gasteiger partial charge on any atom is -0.478 e. The van der Waals surface area contributed by atoms with Crippen molar-refractivity contribution < 1.29 is 19.5 Å². The molecule has 0 radical (unpaired) electrons. The van der Waals surface area contributed by atoms with Crippen LogP contribution in [0.3, 0.4) is 0 Å². The van der Waals surface area contributed by atoms with Crippen LogP contribution in [0.15, 0.2) is 77.6 Å². The highest BCUT2D eigenvalue weighted by Crippen LogP contribution is 2.56. The second-order valence-electron chi connectivity index (χ2n) is 10.7. The van der Waals surface area contributed by atoms with Crippen LogP contribution in [-0.2, 0) is 15.1 Å². The van der Waals surface area contributed by atoms with E-state index < -0.39 is 29.3 Å². The summed E-state index contributed by atoms with van der Waals surface area (Å²) in [4.78, 5) is 59.7. The Labute approximate surface area is 222 Å². The van der Waals surface area contributed by atoms with E-state index in [0.717, 1.165) is 5.56 Å². The van der Waals surface area contributed by atoms with Crippen molar-refractivity contribution in [2.45, 2.75) is 25.4 Å². The monoisotopic (exact) mass is 520 g/mol. The summed E-state index contributed by atoms with van der Waals surface area (Å²) in [5.74, 6) is -3.04. The molecule has 1 spiro atoms. The Balaban J connectivity index is 1.49.